The molecular weight excluding hydrogens is 344 g/mol. The minimum absolute atomic E-state index is 0.114. The van der Waals surface area contributed by atoms with E-state index < -0.39 is 18.0 Å². The Bertz CT molecular complexity index is 920. The van der Waals surface area contributed by atoms with Crippen LogP contribution in [0.15, 0.2) is 54.6 Å². The molecule has 1 N–H and O–H groups in total. The lowest BCUT2D eigenvalue weighted by molar-refractivity contribution is -0.149. The number of ether oxygens (including phenoxy) is 1. The van der Waals surface area contributed by atoms with E-state index in [1.807, 2.05) is 31.2 Å². The quantitative estimate of drug-likeness (QED) is 0.669. The molecule has 2 amide bonds. The predicted octanol–water partition coefficient (Wildman–Crippen LogP) is 2.93. The number of amides is 2. The Kier molecular flexibility index (Phi) is 5.35. The van der Waals surface area contributed by atoms with E-state index >= 15 is 0 Å². The highest BCUT2D eigenvalue weighted by Crippen LogP contribution is 2.29. The summed E-state index contributed by atoms with van der Waals surface area (Å²) in [6, 6.07) is 14.6. The van der Waals surface area contributed by atoms with Crippen LogP contribution >= 0.6 is 0 Å². The van der Waals surface area contributed by atoms with Gasteiger partial charge in [0.05, 0.1) is 11.4 Å². The first-order chi connectivity index (χ1) is 13.0. The van der Waals surface area contributed by atoms with Gasteiger partial charge in [-0.25, -0.2) is 4.79 Å². The summed E-state index contributed by atoms with van der Waals surface area (Å²) in [5.74, 6) is -1.36. The van der Waals surface area contributed by atoms with E-state index in [-0.39, 0.29) is 12.5 Å². The molecule has 0 fully saturated rings. The van der Waals surface area contributed by atoms with Gasteiger partial charge in [-0.2, -0.15) is 0 Å². The van der Waals surface area contributed by atoms with Crippen molar-refractivity contribution in [3.63, 3.8) is 0 Å². The number of esters is 1. The van der Waals surface area contributed by atoms with Crippen molar-refractivity contribution in [1.29, 1.82) is 0 Å². The summed E-state index contributed by atoms with van der Waals surface area (Å²) in [5.41, 5.74) is 3.07. The van der Waals surface area contributed by atoms with E-state index in [0.29, 0.717) is 11.4 Å². The normalized spacial score (nSPS) is 14.4. The number of rotatable bonds is 4. The first kappa shape index (κ1) is 18.4. The van der Waals surface area contributed by atoms with Gasteiger partial charge in [-0.15, -0.1) is 0 Å². The van der Waals surface area contributed by atoms with Gasteiger partial charge in [-0.05, 0) is 43.2 Å². The van der Waals surface area contributed by atoms with E-state index in [4.69, 9.17) is 4.74 Å². The molecule has 0 aromatic heterocycles. The number of carbonyl (C=O) groups is 3. The molecule has 1 aliphatic heterocycles. The summed E-state index contributed by atoms with van der Waals surface area (Å²) in [6.07, 6.45) is 1.93. The molecule has 0 saturated heterocycles. The fourth-order valence-corrected chi connectivity index (χ4v) is 2.84. The molecule has 0 unspecified atom stereocenters. The second-order valence-electron chi connectivity index (χ2n) is 6.26. The molecule has 138 valence electrons. The average Bonchev–Trinajstić information content (AvgIpc) is 2.66. The number of para-hydroxylation sites is 2. The fourth-order valence-electron chi connectivity index (χ4n) is 2.84. The van der Waals surface area contributed by atoms with Crippen LogP contribution < -0.4 is 10.2 Å². The number of benzene rings is 2. The van der Waals surface area contributed by atoms with Crippen LogP contribution in [0.5, 0.6) is 0 Å². The SMILES string of the molecule is Cc1ccccc1/C=C/C(=O)O[C@H](C)C(=O)N1CC(=O)Nc2ccccc21. The fraction of sp³-hybridized carbons (Fsp3) is 0.190. The van der Waals surface area contributed by atoms with Crippen molar-refractivity contribution in [2.45, 2.75) is 20.0 Å². The zero-order valence-electron chi connectivity index (χ0n) is 15.1. The van der Waals surface area contributed by atoms with Gasteiger partial charge in [0.15, 0.2) is 6.10 Å². The van der Waals surface area contributed by atoms with Crippen LogP contribution in [0.1, 0.15) is 18.1 Å². The maximum absolute atomic E-state index is 12.7. The van der Waals surface area contributed by atoms with Crippen molar-refractivity contribution in [2.24, 2.45) is 0 Å². The summed E-state index contributed by atoms with van der Waals surface area (Å²) in [6.45, 7) is 3.32. The third-order valence-electron chi connectivity index (χ3n) is 4.26. The van der Waals surface area contributed by atoms with Crippen LogP contribution in [-0.2, 0) is 19.1 Å². The van der Waals surface area contributed by atoms with Crippen LogP contribution in [-0.4, -0.2) is 30.4 Å². The molecule has 27 heavy (non-hydrogen) atoms. The largest absolute Gasteiger partial charge is 0.449 e. The van der Waals surface area contributed by atoms with Crippen molar-refractivity contribution in [3.8, 4) is 0 Å². The lowest BCUT2D eigenvalue weighted by Gasteiger charge is -2.30. The second kappa shape index (κ2) is 7.86. The molecule has 1 atom stereocenters. The molecule has 0 spiro atoms. The van der Waals surface area contributed by atoms with E-state index in [2.05, 4.69) is 5.32 Å². The maximum atomic E-state index is 12.7. The molecule has 1 aliphatic rings. The van der Waals surface area contributed by atoms with Gasteiger partial charge in [0.1, 0.15) is 6.54 Å². The summed E-state index contributed by atoms with van der Waals surface area (Å²) in [5, 5.41) is 2.72. The minimum atomic E-state index is -1.02. The Morgan fingerprint density at radius 2 is 1.85 bits per heavy atom. The van der Waals surface area contributed by atoms with Crippen molar-refractivity contribution in [1.82, 2.24) is 0 Å². The number of hydrogen-bond donors (Lipinski definition) is 1. The van der Waals surface area contributed by atoms with Crippen LogP contribution in [0.4, 0.5) is 11.4 Å². The number of nitrogens with one attached hydrogen (secondary N) is 1. The molecule has 0 aliphatic carbocycles. The summed E-state index contributed by atoms with van der Waals surface area (Å²) in [4.78, 5) is 38.0. The molecular formula is C21H20N2O4. The number of anilines is 2. The Morgan fingerprint density at radius 3 is 2.63 bits per heavy atom. The van der Waals surface area contributed by atoms with Crippen LogP contribution in [0, 0.1) is 6.92 Å². The van der Waals surface area contributed by atoms with Crippen molar-refractivity contribution < 1.29 is 19.1 Å². The summed E-state index contributed by atoms with van der Waals surface area (Å²) in [7, 11) is 0. The highest BCUT2D eigenvalue weighted by Gasteiger charge is 2.31. The predicted molar refractivity (Wildman–Crippen MR) is 103 cm³/mol. The van der Waals surface area contributed by atoms with Crippen molar-refractivity contribution >= 4 is 35.2 Å². The Labute approximate surface area is 157 Å². The van der Waals surface area contributed by atoms with E-state index in [9.17, 15) is 14.4 Å². The van der Waals surface area contributed by atoms with Gasteiger partial charge >= 0.3 is 5.97 Å². The molecule has 2 aromatic rings. The molecule has 6 nitrogen and oxygen atoms in total. The number of carbonyl (C=O) groups excluding carboxylic acids is 3. The van der Waals surface area contributed by atoms with Gasteiger partial charge in [0.2, 0.25) is 5.91 Å². The third kappa shape index (κ3) is 4.23. The molecule has 0 radical (unpaired) electrons. The van der Waals surface area contributed by atoms with E-state index in [1.165, 1.54) is 17.9 Å². The highest BCUT2D eigenvalue weighted by molar-refractivity contribution is 6.11. The van der Waals surface area contributed by atoms with Crippen LogP contribution in [0.25, 0.3) is 6.08 Å². The zero-order valence-corrected chi connectivity index (χ0v) is 15.1. The molecule has 0 bridgehead atoms. The van der Waals surface area contributed by atoms with Crippen molar-refractivity contribution in [2.75, 3.05) is 16.8 Å². The lowest BCUT2D eigenvalue weighted by Crippen LogP contribution is -2.46. The first-order valence-corrected chi connectivity index (χ1v) is 8.60. The summed E-state index contributed by atoms with van der Waals surface area (Å²) < 4.78 is 5.23. The second-order valence-corrected chi connectivity index (χ2v) is 6.26. The summed E-state index contributed by atoms with van der Waals surface area (Å²) >= 11 is 0. The number of fused-ring (bicyclic) bond motifs is 1. The van der Waals surface area contributed by atoms with Gasteiger partial charge in [-0.3, -0.25) is 14.5 Å². The average molecular weight is 364 g/mol. The highest BCUT2D eigenvalue weighted by atomic mass is 16.5. The standard InChI is InChI=1S/C21H20N2O4/c1-14-7-3-4-8-16(14)11-12-20(25)27-15(2)21(26)23-13-19(24)22-17-9-5-6-10-18(17)23/h3-12,15H,13H2,1-2H3,(H,22,24)/b12-11+/t15-/m1/s1. The van der Waals surface area contributed by atoms with Crippen LogP contribution in [0.3, 0.4) is 0 Å². The molecule has 0 saturated carbocycles. The van der Waals surface area contributed by atoms with Crippen molar-refractivity contribution in [3.05, 3.63) is 65.7 Å². The zero-order chi connectivity index (χ0) is 19.4. The molecule has 2 aromatic carbocycles. The monoisotopic (exact) mass is 364 g/mol. The Balaban J connectivity index is 1.68. The topological polar surface area (TPSA) is 75.7 Å². The number of hydrogen-bond acceptors (Lipinski definition) is 4. The first-order valence-electron chi connectivity index (χ1n) is 8.60. The van der Waals surface area contributed by atoms with E-state index in [1.54, 1.807) is 30.3 Å². The van der Waals surface area contributed by atoms with E-state index in [0.717, 1.165) is 11.1 Å². The Hall–Kier alpha value is -3.41. The molecule has 6 heteroatoms. The third-order valence-corrected chi connectivity index (χ3v) is 4.26. The van der Waals surface area contributed by atoms with Gasteiger partial charge < -0.3 is 10.1 Å². The number of nitrogens with zero attached hydrogens (tertiary/aromatic N) is 1. The van der Waals surface area contributed by atoms with Crippen LogP contribution in [0.2, 0.25) is 0 Å². The smallest absolute Gasteiger partial charge is 0.331 e. The Morgan fingerprint density at radius 1 is 1.15 bits per heavy atom. The van der Waals surface area contributed by atoms with Gasteiger partial charge in [-0.1, -0.05) is 36.4 Å². The lowest BCUT2D eigenvalue weighted by atomic mass is 10.1. The van der Waals surface area contributed by atoms with Gasteiger partial charge in [0.25, 0.3) is 5.91 Å². The maximum Gasteiger partial charge on any atom is 0.331 e. The number of aryl methyl sites for hydroxylation is 1. The molecule has 1 heterocycles. The van der Waals surface area contributed by atoms with Gasteiger partial charge in [0, 0.05) is 6.08 Å². The minimum Gasteiger partial charge on any atom is -0.449 e. The molecule has 3 rings (SSSR count).